The van der Waals surface area contributed by atoms with Gasteiger partial charge in [0.2, 0.25) is 17.5 Å². The van der Waals surface area contributed by atoms with Crippen LogP contribution in [0.4, 0.5) is 18.9 Å². The van der Waals surface area contributed by atoms with E-state index < -0.39 is 39.9 Å². The Labute approximate surface area is 287 Å². The average molecular weight is 741 g/mol. The number of aromatic amines is 1. The van der Waals surface area contributed by atoms with Crippen molar-refractivity contribution in [3.05, 3.63) is 96.9 Å². The fourth-order valence-corrected chi connectivity index (χ4v) is 6.36. The molecule has 2 heterocycles. The summed E-state index contributed by atoms with van der Waals surface area (Å²) >= 11 is 9.91. The summed E-state index contributed by atoms with van der Waals surface area (Å²) in [5.74, 6) is -0.602. The topological polar surface area (TPSA) is 172 Å². The van der Waals surface area contributed by atoms with E-state index in [-0.39, 0.29) is 68.5 Å². The summed E-state index contributed by atoms with van der Waals surface area (Å²) in [4.78, 5) is 42.2. The average Bonchev–Trinajstić information content (AvgIpc) is 3.97. The SMILES string of the molecule is O=C(NCC1(N(c2cc(Oc3c(Cl)cc(-n4nc(C(F)(F)F)c(=O)[nH]c4=O)cc3Cl)ncc2OCc2ccccc2)S(=O)[O-])CC1)C1CC1. The number of nitrogens with one attached hydrogen (secondary N) is 2. The molecule has 2 aliphatic carbocycles. The van der Waals surface area contributed by atoms with Crippen LogP contribution in [0.25, 0.3) is 5.69 Å². The zero-order valence-electron chi connectivity index (χ0n) is 25.0. The van der Waals surface area contributed by atoms with Crippen LogP contribution in [0.15, 0.2) is 64.3 Å². The number of hydrogen-bond donors (Lipinski definition) is 2. The molecule has 0 aliphatic heterocycles. The van der Waals surface area contributed by atoms with Gasteiger partial charge in [0, 0.05) is 29.8 Å². The second kappa shape index (κ2) is 13.5. The second-order valence-electron chi connectivity index (χ2n) is 11.4. The standard InChI is InChI=1S/C30H25Cl2F3N6O7S/c31-19-10-18(40-28(44)38-27(43)25(39-40)30(33,34)35)11-20(32)24(19)48-23-12-21(22(13-36-23)47-14-16-4-2-1-3-5-16)41(49(45)46)29(8-9-29)15-37-26(42)17-6-7-17/h1-5,10-13,17H,6-9,14-15H2,(H,37,42)(H,45,46)(H,38,43,44)/p-1. The van der Waals surface area contributed by atoms with Crippen molar-refractivity contribution in [2.45, 2.75) is 44.0 Å². The number of halogens is 5. The van der Waals surface area contributed by atoms with Crippen LogP contribution in [0, 0.1) is 5.92 Å². The van der Waals surface area contributed by atoms with Crippen LogP contribution in [-0.4, -0.2) is 46.5 Å². The molecule has 0 bridgehead atoms. The molecule has 2 aromatic carbocycles. The first kappa shape index (κ1) is 34.4. The van der Waals surface area contributed by atoms with E-state index in [1.165, 1.54) is 12.3 Å². The molecule has 258 valence electrons. The van der Waals surface area contributed by atoms with Gasteiger partial charge in [-0.2, -0.15) is 23.0 Å². The van der Waals surface area contributed by atoms with Crippen molar-refractivity contribution < 1.29 is 36.2 Å². The minimum absolute atomic E-state index is 0.0416. The first-order chi connectivity index (χ1) is 23.3. The molecule has 1 unspecified atom stereocenters. The summed E-state index contributed by atoms with van der Waals surface area (Å²) in [5, 5.41) is 5.39. The Morgan fingerprint density at radius 2 is 1.82 bits per heavy atom. The van der Waals surface area contributed by atoms with Crippen LogP contribution in [0.5, 0.6) is 17.4 Å². The number of rotatable bonds is 12. The number of nitrogens with zero attached hydrogens (tertiary/aromatic N) is 4. The fraction of sp³-hybridized carbons (Fsp3) is 0.300. The normalized spacial score (nSPS) is 15.7. The molecule has 2 aromatic heterocycles. The van der Waals surface area contributed by atoms with Crippen molar-refractivity contribution in [1.29, 1.82) is 0 Å². The molecule has 0 saturated heterocycles. The highest BCUT2D eigenvalue weighted by atomic mass is 35.5. The van der Waals surface area contributed by atoms with Crippen LogP contribution in [0.1, 0.15) is 36.9 Å². The van der Waals surface area contributed by atoms with Gasteiger partial charge < -0.3 is 19.3 Å². The molecule has 0 spiro atoms. The predicted molar refractivity (Wildman–Crippen MR) is 170 cm³/mol. The number of aromatic nitrogens is 4. The minimum atomic E-state index is -5.16. The summed E-state index contributed by atoms with van der Waals surface area (Å²) in [6.45, 7) is 0.119. The monoisotopic (exact) mass is 739 g/mol. The van der Waals surface area contributed by atoms with Gasteiger partial charge in [0.1, 0.15) is 6.61 Å². The molecule has 4 aromatic rings. The third-order valence-corrected chi connectivity index (χ3v) is 9.20. The first-order valence-corrected chi connectivity index (χ1v) is 16.4. The van der Waals surface area contributed by atoms with Crippen LogP contribution in [0.2, 0.25) is 10.0 Å². The highest BCUT2D eigenvalue weighted by Gasteiger charge is 2.51. The molecular formula is C30H24Cl2F3N6O7S-. The number of alkyl halides is 3. The maximum atomic E-state index is 13.3. The third-order valence-electron chi connectivity index (χ3n) is 7.76. The molecule has 0 radical (unpaired) electrons. The van der Waals surface area contributed by atoms with Crippen molar-refractivity contribution in [2.24, 2.45) is 5.92 Å². The van der Waals surface area contributed by atoms with Gasteiger partial charge in [0.25, 0.3) is 5.56 Å². The maximum absolute atomic E-state index is 13.3. The van der Waals surface area contributed by atoms with E-state index in [1.54, 1.807) is 4.98 Å². The summed E-state index contributed by atoms with van der Waals surface area (Å²) in [6, 6.07) is 12.4. The minimum Gasteiger partial charge on any atom is -0.755 e. The van der Waals surface area contributed by atoms with E-state index >= 15 is 0 Å². The quantitative estimate of drug-likeness (QED) is 0.196. The number of carbonyl (C=O) groups excluding carboxylic acids is 1. The Hall–Kier alpha value is -4.45. The van der Waals surface area contributed by atoms with Crippen molar-refractivity contribution in [3.63, 3.8) is 0 Å². The fourth-order valence-electron chi connectivity index (χ4n) is 4.94. The Kier molecular flexibility index (Phi) is 9.45. The molecule has 49 heavy (non-hydrogen) atoms. The van der Waals surface area contributed by atoms with E-state index in [1.807, 2.05) is 30.3 Å². The molecule has 19 heteroatoms. The Morgan fingerprint density at radius 3 is 2.41 bits per heavy atom. The summed E-state index contributed by atoms with van der Waals surface area (Å²) < 4.78 is 78.7. The lowest BCUT2D eigenvalue weighted by Crippen LogP contribution is -2.47. The van der Waals surface area contributed by atoms with E-state index in [2.05, 4.69) is 15.4 Å². The molecule has 2 N–H and O–H groups in total. The lowest BCUT2D eigenvalue weighted by atomic mass is 10.2. The number of anilines is 1. The Morgan fingerprint density at radius 1 is 1.14 bits per heavy atom. The Balaban J connectivity index is 1.34. The Bertz CT molecular complexity index is 2030. The van der Waals surface area contributed by atoms with E-state index in [0.717, 1.165) is 34.8 Å². The zero-order valence-corrected chi connectivity index (χ0v) is 27.3. The van der Waals surface area contributed by atoms with Crippen LogP contribution >= 0.6 is 23.2 Å². The zero-order chi connectivity index (χ0) is 35.1. The van der Waals surface area contributed by atoms with Gasteiger partial charge in [-0.3, -0.25) is 23.1 Å². The molecule has 13 nitrogen and oxygen atoms in total. The second-order valence-corrected chi connectivity index (χ2v) is 13.0. The highest BCUT2D eigenvalue weighted by molar-refractivity contribution is 7.80. The molecule has 2 fully saturated rings. The van der Waals surface area contributed by atoms with Gasteiger partial charge in [0.15, 0.2) is 11.5 Å². The van der Waals surface area contributed by atoms with E-state index in [4.69, 9.17) is 32.7 Å². The lowest BCUT2D eigenvalue weighted by molar-refractivity contribution is -0.143. The van der Waals surface area contributed by atoms with Crippen molar-refractivity contribution >= 4 is 46.1 Å². The van der Waals surface area contributed by atoms with Gasteiger partial charge >= 0.3 is 11.9 Å². The summed E-state index contributed by atoms with van der Waals surface area (Å²) in [5.41, 5.74) is -5.36. The first-order valence-electron chi connectivity index (χ1n) is 14.6. The van der Waals surface area contributed by atoms with E-state index in [9.17, 15) is 36.3 Å². The summed E-state index contributed by atoms with van der Waals surface area (Å²) in [7, 11) is 0. The van der Waals surface area contributed by atoms with Gasteiger partial charge in [-0.1, -0.05) is 53.5 Å². The largest absolute Gasteiger partial charge is 0.755 e. The van der Waals surface area contributed by atoms with Crippen LogP contribution in [-0.2, 0) is 28.8 Å². The molecule has 6 rings (SSSR count). The third kappa shape index (κ3) is 7.59. The molecule has 2 aliphatic rings. The van der Waals surface area contributed by atoms with Gasteiger partial charge in [0.05, 0.1) is 33.2 Å². The van der Waals surface area contributed by atoms with Crippen LogP contribution < -0.4 is 30.3 Å². The molecule has 1 amide bonds. The number of pyridine rings is 1. The number of ether oxygens (including phenoxy) is 2. The van der Waals surface area contributed by atoms with Crippen LogP contribution in [0.3, 0.4) is 0 Å². The highest BCUT2D eigenvalue weighted by Crippen LogP contribution is 2.48. The maximum Gasteiger partial charge on any atom is 0.440 e. The number of H-pyrrole nitrogens is 1. The number of amides is 1. The molecular weight excluding hydrogens is 716 g/mol. The lowest BCUT2D eigenvalue weighted by Gasteiger charge is -2.36. The van der Waals surface area contributed by atoms with Gasteiger partial charge in [-0.15, -0.1) is 0 Å². The predicted octanol–water partition coefficient (Wildman–Crippen LogP) is 4.67. The van der Waals surface area contributed by atoms with Gasteiger partial charge in [-0.25, -0.2) is 9.78 Å². The van der Waals surface area contributed by atoms with Crippen molar-refractivity contribution in [2.75, 3.05) is 10.8 Å². The van der Waals surface area contributed by atoms with E-state index in [0.29, 0.717) is 12.8 Å². The van der Waals surface area contributed by atoms with Crippen molar-refractivity contribution in [1.82, 2.24) is 25.1 Å². The smallest absolute Gasteiger partial charge is 0.440 e. The van der Waals surface area contributed by atoms with Crippen molar-refractivity contribution in [3.8, 4) is 23.1 Å². The van der Waals surface area contributed by atoms with Gasteiger partial charge in [-0.05, 0) is 43.4 Å². The number of carbonyl (C=O) groups is 1. The molecule has 1 atom stereocenters. The number of benzene rings is 2. The number of hydrogen-bond acceptors (Lipinski definition) is 9. The summed E-state index contributed by atoms with van der Waals surface area (Å²) in [6.07, 6.45) is -1.49. The molecule has 2 saturated carbocycles.